The zero-order valence-corrected chi connectivity index (χ0v) is 8.33. The Labute approximate surface area is 75.7 Å². The van der Waals surface area contributed by atoms with Gasteiger partial charge in [0.05, 0.1) is 11.6 Å². The molecule has 0 aromatic rings. The third kappa shape index (κ3) is 8.71. The number of nitriles is 1. The van der Waals surface area contributed by atoms with E-state index in [0.29, 0.717) is 5.57 Å². The molecule has 0 aromatic carbocycles. The summed E-state index contributed by atoms with van der Waals surface area (Å²) < 4.78 is 0. The van der Waals surface area contributed by atoms with E-state index in [9.17, 15) is 0 Å². The predicted octanol–water partition coefficient (Wildman–Crippen LogP) is 3.61. The van der Waals surface area contributed by atoms with Crippen molar-refractivity contribution in [2.75, 3.05) is 0 Å². The molecule has 0 bridgehead atoms. The molecule has 0 saturated heterocycles. The zero-order valence-electron chi connectivity index (χ0n) is 8.33. The molecule has 1 nitrogen and oxygen atoms in total. The molecule has 0 amide bonds. The van der Waals surface area contributed by atoms with E-state index in [1.54, 1.807) is 12.2 Å². The van der Waals surface area contributed by atoms with Crippen molar-refractivity contribution in [3.05, 3.63) is 36.0 Å². The van der Waals surface area contributed by atoms with E-state index in [4.69, 9.17) is 5.26 Å². The predicted molar refractivity (Wildman–Crippen MR) is 54.7 cm³/mol. The van der Waals surface area contributed by atoms with Gasteiger partial charge < -0.3 is 0 Å². The van der Waals surface area contributed by atoms with Crippen molar-refractivity contribution in [3.8, 4) is 6.07 Å². The summed E-state index contributed by atoms with van der Waals surface area (Å²) in [6.07, 6.45) is 9.14. The fourth-order valence-corrected chi connectivity index (χ4v) is 0.510. The maximum atomic E-state index is 8.48. The number of hydrogen-bond donors (Lipinski definition) is 0. The van der Waals surface area contributed by atoms with Crippen LogP contribution >= 0.6 is 0 Å². The molecule has 0 aliphatic rings. The van der Waals surface area contributed by atoms with E-state index in [2.05, 4.69) is 6.07 Å². The quantitative estimate of drug-likeness (QED) is 0.450. The van der Waals surface area contributed by atoms with Crippen LogP contribution in [0, 0.1) is 11.3 Å². The molecule has 0 unspecified atom stereocenters. The van der Waals surface area contributed by atoms with E-state index in [1.807, 2.05) is 45.9 Å². The van der Waals surface area contributed by atoms with Crippen molar-refractivity contribution in [1.29, 1.82) is 5.26 Å². The molecule has 0 spiro atoms. The van der Waals surface area contributed by atoms with Gasteiger partial charge in [-0.15, -0.1) is 0 Å². The van der Waals surface area contributed by atoms with Crippen molar-refractivity contribution in [2.24, 2.45) is 0 Å². The second-order valence-corrected chi connectivity index (χ2v) is 1.76. The van der Waals surface area contributed by atoms with Gasteiger partial charge in [-0.2, -0.15) is 5.26 Å². The minimum atomic E-state index is 0.681. The average molecular weight is 163 g/mol. The van der Waals surface area contributed by atoms with Gasteiger partial charge in [0.25, 0.3) is 0 Å². The van der Waals surface area contributed by atoms with Gasteiger partial charge in [0.15, 0.2) is 0 Å². The van der Waals surface area contributed by atoms with E-state index in [1.165, 1.54) is 0 Å². The largest absolute Gasteiger partial charge is 0.192 e. The molecule has 0 aliphatic carbocycles. The second kappa shape index (κ2) is 12.4. The van der Waals surface area contributed by atoms with Gasteiger partial charge in [-0.05, 0) is 26.0 Å². The van der Waals surface area contributed by atoms with Crippen molar-refractivity contribution in [1.82, 2.24) is 0 Å². The Hall–Kier alpha value is -1.29. The fraction of sp³-hybridized carbons (Fsp3) is 0.364. The van der Waals surface area contributed by atoms with E-state index in [0.717, 1.165) is 0 Å². The highest BCUT2D eigenvalue weighted by Crippen LogP contribution is 1.94. The molecule has 0 rings (SSSR count). The molecule has 0 atom stereocenters. The molecular formula is C11H17N. The Balaban J connectivity index is 0. The van der Waals surface area contributed by atoms with Crippen molar-refractivity contribution in [2.45, 2.75) is 27.7 Å². The standard InChI is InChI=1S/C9H11N.C2H6/c1-3-5-7-9(8-10)6-4-2;1-2/h3-7H,1-2H3;1-2H3/b5-3-,6-4-,9-7+;. The SMILES string of the molecule is CC.C\C=C/C=C(C#N)\C=C/C. The first-order valence-electron chi connectivity index (χ1n) is 4.21. The first-order valence-corrected chi connectivity index (χ1v) is 4.21. The minimum absolute atomic E-state index is 0.681. The van der Waals surface area contributed by atoms with Gasteiger partial charge >= 0.3 is 0 Å². The lowest BCUT2D eigenvalue weighted by Gasteiger charge is -1.80. The summed E-state index contributed by atoms with van der Waals surface area (Å²) in [6.45, 7) is 7.81. The average Bonchev–Trinajstić information content (AvgIpc) is 2.15. The molecule has 0 N–H and O–H groups in total. The zero-order chi connectivity index (χ0) is 9.82. The third-order valence-corrected chi connectivity index (χ3v) is 0.944. The number of allylic oxidation sites excluding steroid dienone is 6. The summed E-state index contributed by atoms with van der Waals surface area (Å²) >= 11 is 0. The molecule has 12 heavy (non-hydrogen) atoms. The van der Waals surface area contributed by atoms with Gasteiger partial charge in [-0.1, -0.05) is 32.1 Å². The summed E-state index contributed by atoms with van der Waals surface area (Å²) in [5, 5.41) is 8.48. The lowest BCUT2D eigenvalue weighted by molar-refractivity contribution is 1.49. The minimum Gasteiger partial charge on any atom is -0.192 e. The summed E-state index contributed by atoms with van der Waals surface area (Å²) in [5.41, 5.74) is 0.681. The van der Waals surface area contributed by atoms with Crippen molar-refractivity contribution < 1.29 is 0 Å². The van der Waals surface area contributed by atoms with E-state index >= 15 is 0 Å². The molecule has 0 aliphatic heterocycles. The van der Waals surface area contributed by atoms with Crippen LogP contribution in [-0.4, -0.2) is 0 Å². The smallest absolute Gasteiger partial charge is 0.0991 e. The fourth-order valence-electron chi connectivity index (χ4n) is 0.510. The lowest BCUT2D eigenvalue weighted by atomic mass is 10.2. The van der Waals surface area contributed by atoms with E-state index < -0.39 is 0 Å². The summed E-state index contributed by atoms with van der Waals surface area (Å²) in [6, 6.07) is 2.06. The summed E-state index contributed by atoms with van der Waals surface area (Å²) in [4.78, 5) is 0. The highest BCUT2D eigenvalue weighted by Gasteiger charge is 1.81. The van der Waals surface area contributed by atoms with Crippen LogP contribution in [0.15, 0.2) is 36.0 Å². The maximum absolute atomic E-state index is 8.48. The monoisotopic (exact) mass is 163 g/mol. The van der Waals surface area contributed by atoms with Crippen molar-refractivity contribution >= 4 is 0 Å². The van der Waals surface area contributed by atoms with Gasteiger partial charge in [0.2, 0.25) is 0 Å². The Bertz CT molecular complexity index is 202. The Morgan fingerprint density at radius 1 is 1.17 bits per heavy atom. The number of hydrogen-bond acceptors (Lipinski definition) is 1. The van der Waals surface area contributed by atoms with Crippen LogP contribution in [0.5, 0.6) is 0 Å². The number of rotatable bonds is 2. The normalized spacial score (nSPS) is 11.1. The van der Waals surface area contributed by atoms with Crippen LogP contribution in [-0.2, 0) is 0 Å². The molecule has 0 radical (unpaired) electrons. The Morgan fingerprint density at radius 2 is 1.75 bits per heavy atom. The van der Waals surface area contributed by atoms with Gasteiger partial charge in [0.1, 0.15) is 0 Å². The topological polar surface area (TPSA) is 23.8 Å². The Kier molecular flexibility index (Phi) is 13.7. The van der Waals surface area contributed by atoms with Gasteiger partial charge in [-0.25, -0.2) is 0 Å². The van der Waals surface area contributed by atoms with E-state index in [-0.39, 0.29) is 0 Å². The first-order chi connectivity index (χ1) is 5.85. The maximum Gasteiger partial charge on any atom is 0.0991 e. The molecule has 0 aromatic heterocycles. The van der Waals surface area contributed by atoms with Crippen LogP contribution in [0.1, 0.15) is 27.7 Å². The van der Waals surface area contributed by atoms with Gasteiger partial charge in [-0.3, -0.25) is 0 Å². The third-order valence-electron chi connectivity index (χ3n) is 0.944. The summed E-state index contributed by atoms with van der Waals surface area (Å²) in [5.74, 6) is 0. The van der Waals surface area contributed by atoms with Crippen molar-refractivity contribution in [3.63, 3.8) is 0 Å². The molecule has 1 heteroatoms. The number of nitrogens with zero attached hydrogens (tertiary/aromatic N) is 1. The lowest BCUT2D eigenvalue weighted by Crippen LogP contribution is -1.67. The van der Waals surface area contributed by atoms with Crippen LogP contribution in [0.4, 0.5) is 0 Å². The van der Waals surface area contributed by atoms with Crippen LogP contribution in [0.25, 0.3) is 0 Å². The first kappa shape index (κ1) is 13.3. The molecule has 0 heterocycles. The molecule has 0 fully saturated rings. The highest BCUT2D eigenvalue weighted by molar-refractivity contribution is 5.35. The van der Waals surface area contributed by atoms with Gasteiger partial charge in [0, 0.05) is 0 Å². The van der Waals surface area contributed by atoms with Crippen LogP contribution < -0.4 is 0 Å². The van der Waals surface area contributed by atoms with Crippen LogP contribution in [0.3, 0.4) is 0 Å². The Morgan fingerprint density at radius 3 is 2.08 bits per heavy atom. The molecular weight excluding hydrogens is 146 g/mol. The summed E-state index contributed by atoms with van der Waals surface area (Å²) in [7, 11) is 0. The van der Waals surface area contributed by atoms with Crippen LogP contribution in [0.2, 0.25) is 0 Å². The highest BCUT2D eigenvalue weighted by atomic mass is 14.2. The second-order valence-electron chi connectivity index (χ2n) is 1.76. The molecule has 66 valence electrons. The molecule has 0 saturated carbocycles.